The first-order valence-electron chi connectivity index (χ1n) is 11.7. The number of benzene rings is 1. The summed E-state index contributed by atoms with van der Waals surface area (Å²) in [6.45, 7) is -0.933. The molecule has 2 N–H and O–H groups in total. The van der Waals surface area contributed by atoms with Crippen molar-refractivity contribution in [3.63, 3.8) is 0 Å². The topological polar surface area (TPSA) is 95.6 Å². The Balaban J connectivity index is 1.57. The number of hydrogen-bond donors (Lipinski definition) is 2. The number of likely N-dealkylation sites (tertiary alicyclic amines) is 1. The number of alkyl halides is 3. The monoisotopic (exact) mass is 513 g/mol. The van der Waals surface area contributed by atoms with Crippen molar-refractivity contribution in [1.82, 2.24) is 15.5 Å². The van der Waals surface area contributed by atoms with Crippen molar-refractivity contribution >= 4 is 35.1 Å². The van der Waals surface area contributed by atoms with Crippen LogP contribution in [-0.4, -0.2) is 60.3 Å². The Hall–Kier alpha value is -2.62. The van der Waals surface area contributed by atoms with Gasteiger partial charge in [-0.25, -0.2) is 4.39 Å². The van der Waals surface area contributed by atoms with E-state index in [1.54, 1.807) is 0 Å². The fourth-order valence-electron chi connectivity index (χ4n) is 5.61. The van der Waals surface area contributed by atoms with Crippen LogP contribution >= 0.6 is 11.6 Å². The van der Waals surface area contributed by atoms with Crippen LogP contribution in [0, 0.1) is 17.8 Å². The number of nitrogens with one attached hydrogen (secondary N) is 2. The quantitative estimate of drug-likeness (QED) is 0.558. The molecule has 35 heavy (non-hydrogen) atoms. The van der Waals surface area contributed by atoms with Gasteiger partial charge >= 0.3 is 5.92 Å². The minimum Gasteiger partial charge on any atom is -0.356 e. The van der Waals surface area contributed by atoms with Crippen LogP contribution in [0.15, 0.2) is 24.3 Å². The van der Waals surface area contributed by atoms with Gasteiger partial charge in [-0.2, -0.15) is 8.78 Å². The van der Waals surface area contributed by atoms with Gasteiger partial charge in [-0.1, -0.05) is 30.2 Å². The summed E-state index contributed by atoms with van der Waals surface area (Å²) in [5.74, 6) is -8.43. The molecule has 3 fully saturated rings. The van der Waals surface area contributed by atoms with E-state index < -0.39 is 53.8 Å². The van der Waals surface area contributed by atoms with Crippen molar-refractivity contribution in [2.24, 2.45) is 17.8 Å². The number of Topliss-reactive ketones (excluding diaryl/α,β-unsaturated/α-hetero) is 1. The Bertz CT molecular complexity index is 1020. The lowest BCUT2D eigenvalue weighted by Gasteiger charge is -2.31. The van der Waals surface area contributed by atoms with Gasteiger partial charge in [0.2, 0.25) is 11.8 Å². The number of ketones is 1. The zero-order valence-electron chi connectivity index (χ0n) is 18.9. The molecular weight excluding hydrogens is 487 g/mol. The van der Waals surface area contributed by atoms with Crippen molar-refractivity contribution in [3.05, 3.63) is 34.9 Å². The largest absolute Gasteiger partial charge is 0.356 e. The molecule has 1 saturated carbocycles. The number of hydrogen-bond acceptors (Lipinski definition) is 4. The van der Waals surface area contributed by atoms with Gasteiger partial charge in [0.25, 0.3) is 5.91 Å². The Morgan fingerprint density at radius 2 is 2.00 bits per heavy atom. The second-order valence-electron chi connectivity index (χ2n) is 9.52. The van der Waals surface area contributed by atoms with Crippen molar-refractivity contribution in [3.8, 4) is 0 Å². The molecule has 11 heteroatoms. The SMILES string of the molecule is O=C1NCC[C@H]1C[C@@H](NC(=O)[C@H]1[C@H]2CCC[C@H]2CN1C(=O)C(F)(F)c1cccc(Cl)c1)C(=O)CF. The first-order chi connectivity index (χ1) is 16.6. The molecule has 0 bridgehead atoms. The highest BCUT2D eigenvalue weighted by atomic mass is 35.5. The van der Waals surface area contributed by atoms with E-state index in [1.165, 1.54) is 12.1 Å². The van der Waals surface area contributed by atoms with Crippen molar-refractivity contribution in [2.45, 2.75) is 50.1 Å². The molecule has 4 rings (SSSR count). The number of rotatable bonds is 8. The van der Waals surface area contributed by atoms with E-state index in [9.17, 15) is 23.6 Å². The lowest BCUT2D eigenvalue weighted by atomic mass is 9.92. The molecule has 7 nitrogen and oxygen atoms in total. The third-order valence-electron chi connectivity index (χ3n) is 7.40. The lowest BCUT2D eigenvalue weighted by molar-refractivity contribution is -0.162. The van der Waals surface area contributed by atoms with E-state index in [1.807, 2.05) is 0 Å². The molecule has 1 aromatic rings. The number of fused-ring (bicyclic) bond motifs is 1. The van der Waals surface area contributed by atoms with Gasteiger partial charge < -0.3 is 15.5 Å². The van der Waals surface area contributed by atoms with Crippen LogP contribution < -0.4 is 10.6 Å². The van der Waals surface area contributed by atoms with Gasteiger partial charge in [-0.3, -0.25) is 19.2 Å². The maximum Gasteiger partial charge on any atom is 0.350 e. The normalized spacial score (nSPS) is 26.9. The van der Waals surface area contributed by atoms with Crippen LogP contribution in [0.1, 0.15) is 37.7 Å². The van der Waals surface area contributed by atoms with Crippen molar-refractivity contribution in [2.75, 3.05) is 19.8 Å². The van der Waals surface area contributed by atoms with E-state index >= 15 is 8.78 Å². The average Bonchev–Trinajstić information content (AvgIpc) is 3.53. The number of carbonyl (C=O) groups is 4. The maximum atomic E-state index is 15.2. The zero-order valence-corrected chi connectivity index (χ0v) is 19.7. The van der Waals surface area contributed by atoms with Gasteiger partial charge in [0.05, 0.1) is 6.04 Å². The van der Waals surface area contributed by atoms with Gasteiger partial charge in [-0.15, -0.1) is 0 Å². The molecule has 2 aliphatic heterocycles. The summed E-state index contributed by atoms with van der Waals surface area (Å²) in [6, 6.07) is 2.33. The highest BCUT2D eigenvalue weighted by molar-refractivity contribution is 6.30. The lowest BCUT2D eigenvalue weighted by Crippen LogP contribution is -2.55. The molecule has 5 atom stereocenters. The summed E-state index contributed by atoms with van der Waals surface area (Å²) < 4.78 is 43.7. The molecule has 1 aromatic carbocycles. The molecule has 0 aromatic heterocycles. The average molecular weight is 514 g/mol. The third-order valence-corrected chi connectivity index (χ3v) is 7.63. The maximum absolute atomic E-state index is 15.2. The number of carbonyl (C=O) groups excluding carboxylic acids is 4. The Labute approximate surface area is 205 Å². The first kappa shape index (κ1) is 25.5. The smallest absolute Gasteiger partial charge is 0.350 e. The van der Waals surface area contributed by atoms with E-state index in [4.69, 9.17) is 11.6 Å². The van der Waals surface area contributed by atoms with Crippen LogP contribution in [0.25, 0.3) is 0 Å². The number of amides is 3. The highest BCUT2D eigenvalue weighted by Gasteiger charge is 2.55. The third kappa shape index (κ3) is 5.03. The second-order valence-corrected chi connectivity index (χ2v) is 9.95. The Morgan fingerprint density at radius 3 is 2.66 bits per heavy atom. The predicted molar refractivity (Wildman–Crippen MR) is 120 cm³/mol. The summed E-state index contributed by atoms with van der Waals surface area (Å²) in [4.78, 5) is 51.5. The molecule has 1 aliphatic carbocycles. The first-order valence-corrected chi connectivity index (χ1v) is 12.1. The molecule has 0 radical (unpaired) electrons. The van der Waals surface area contributed by atoms with E-state index in [0.29, 0.717) is 25.8 Å². The van der Waals surface area contributed by atoms with Crippen LogP contribution in [0.2, 0.25) is 5.02 Å². The van der Waals surface area contributed by atoms with Crippen molar-refractivity contribution < 1.29 is 32.3 Å². The minimum absolute atomic E-state index is 0.00943. The molecule has 190 valence electrons. The van der Waals surface area contributed by atoms with Crippen LogP contribution in [0.3, 0.4) is 0 Å². The fraction of sp³-hybridized carbons (Fsp3) is 0.583. The fourth-order valence-corrected chi connectivity index (χ4v) is 5.80. The van der Waals surface area contributed by atoms with Crippen LogP contribution in [0.4, 0.5) is 13.2 Å². The summed E-state index contributed by atoms with van der Waals surface area (Å²) in [5, 5.41) is 5.16. The molecule has 2 saturated heterocycles. The van der Waals surface area contributed by atoms with E-state index in [-0.39, 0.29) is 35.7 Å². The summed E-state index contributed by atoms with van der Waals surface area (Å²) in [6.07, 6.45) is 2.40. The van der Waals surface area contributed by atoms with E-state index in [2.05, 4.69) is 10.6 Å². The van der Waals surface area contributed by atoms with Gasteiger partial charge in [-0.05, 0) is 49.7 Å². The Kier molecular flexibility index (Phi) is 7.40. The molecular formula is C24H27ClF3N3O4. The minimum atomic E-state index is -3.92. The predicted octanol–water partition coefficient (Wildman–Crippen LogP) is 2.61. The Morgan fingerprint density at radius 1 is 1.23 bits per heavy atom. The number of halogens is 4. The van der Waals surface area contributed by atoms with Gasteiger partial charge in [0.1, 0.15) is 12.7 Å². The van der Waals surface area contributed by atoms with Crippen LogP contribution in [-0.2, 0) is 25.1 Å². The second kappa shape index (κ2) is 10.2. The molecule has 3 aliphatic rings. The summed E-state index contributed by atoms with van der Waals surface area (Å²) in [5.41, 5.74) is -0.580. The standard InChI is InChI=1S/C24H27ClF3N3O4/c25-16-5-2-4-15(10-16)24(27,28)23(35)31-12-14-3-1-6-17(14)20(31)22(34)30-18(19(32)11-26)9-13-7-8-29-21(13)33/h2,4-5,10,13-14,17-18,20H,1,3,6-9,11-12H2,(H,29,33)(H,30,34)/t13-,14-,17-,18+,20+/m0/s1. The zero-order chi connectivity index (χ0) is 25.3. The van der Waals surface area contributed by atoms with Crippen molar-refractivity contribution in [1.29, 1.82) is 0 Å². The van der Waals surface area contributed by atoms with Gasteiger partial charge in [0.15, 0.2) is 5.78 Å². The van der Waals surface area contributed by atoms with Crippen LogP contribution in [0.5, 0.6) is 0 Å². The van der Waals surface area contributed by atoms with E-state index in [0.717, 1.165) is 23.5 Å². The molecule has 0 unspecified atom stereocenters. The van der Waals surface area contributed by atoms with Gasteiger partial charge in [0, 0.05) is 29.6 Å². The summed E-state index contributed by atoms with van der Waals surface area (Å²) >= 11 is 5.84. The highest BCUT2D eigenvalue weighted by Crippen LogP contribution is 2.44. The number of nitrogens with zero attached hydrogens (tertiary/aromatic N) is 1. The molecule has 2 heterocycles. The molecule has 3 amide bonds. The molecule has 0 spiro atoms. The summed E-state index contributed by atoms with van der Waals surface area (Å²) in [7, 11) is 0.